The summed E-state index contributed by atoms with van der Waals surface area (Å²) >= 11 is 0.396. The number of alkyl halides is 2. The maximum Gasteiger partial charge on any atom is 0.288 e. The van der Waals surface area contributed by atoms with Gasteiger partial charge in [0.15, 0.2) is 6.10 Å². The van der Waals surface area contributed by atoms with Crippen molar-refractivity contribution >= 4 is 23.4 Å². The van der Waals surface area contributed by atoms with Gasteiger partial charge in [0.1, 0.15) is 5.75 Å². The normalized spacial score (nSPS) is 12.0. The van der Waals surface area contributed by atoms with Crippen LogP contribution in [0, 0.1) is 6.92 Å². The first-order chi connectivity index (χ1) is 11.0. The topological polar surface area (TPSA) is 38.3 Å². The minimum Gasteiger partial charge on any atom is -0.481 e. The number of benzene rings is 2. The smallest absolute Gasteiger partial charge is 0.288 e. The number of hydrogen-bond acceptors (Lipinski definition) is 3. The van der Waals surface area contributed by atoms with Gasteiger partial charge in [0.05, 0.1) is 5.69 Å². The van der Waals surface area contributed by atoms with Crippen molar-refractivity contribution in [3.05, 3.63) is 54.1 Å². The Morgan fingerprint density at radius 2 is 1.91 bits per heavy atom. The van der Waals surface area contributed by atoms with Crippen LogP contribution in [0.1, 0.15) is 12.5 Å². The third kappa shape index (κ3) is 5.25. The fourth-order valence-corrected chi connectivity index (χ4v) is 2.54. The average Bonchev–Trinajstić information content (AvgIpc) is 2.48. The van der Waals surface area contributed by atoms with Crippen LogP contribution in [-0.4, -0.2) is 17.8 Å². The molecule has 6 heteroatoms. The number of halogens is 2. The molecule has 0 unspecified atom stereocenters. The predicted octanol–water partition coefficient (Wildman–Crippen LogP) is 4.72. The van der Waals surface area contributed by atoms with Gasteiger partial charge in [0, 0.05) is 4.90 Å². The van der Waals surface area contributed by atoms with E-state index >= 15 is 0 Å². The molecule has 0 aliphatic rings. The SMILES string of the molecule is Cc1cccc(O[C@H](C)C(=O)Nc2ccccc2SC(F)F)c1. The summed E-state index contributed by atoms with van der Waals surface area (Å²) in [5.74, 6) is -2.36. The molecule has 0 aliphatic heterocycles. The molecule has 122 valence electrons. The summed E-state index contributed by atoms with van der Waals surface area (Å²) in [5.41, 5.74) is 1.37. The Bertz CT molecular complexity index is 679. The molecule has 1 amide bonds. The molecule has 0 saturated carbocycles. The van der Waals surface area contributed by atoms with E-state index in [0.29, 0.717) is 28.1 Å². The van der Waals surface area contributed by atoms with Gasteiger partial charge in [-0.1, -0.05) is 36.0 Å². The van der Waals surface area contributed by atoms with Crippen molar-refractivity contribution in [3.8, 4) is 5.75 Å². The van der Waals surface area contributed by atoms with E-state index in [9.17, 15) is 13.6 Å². The zero-order chi connectivity index (χ0) is 16.8. The second-order valence-electron chi connectivity index (χ2n) is 4.94. The summed E-state index contributed by atoms with van der Waals surface area (Å²) in [6.45, 7) is 3.54. The Kier molecular flexibility index (Phi) is 5.98. The first-order valence-corrected chi connectivity index (χ1v) is 7.91. The molecule has 1 N–H and O–H groups in total. The molecular weight excluding hydrogens is 320 g/mol. The number of para-hydroxylation sites is 1. The van der Waals surface area contributed by atoms with E-state index in [1.54, 1.807) is 37.3 Å². The van der Waals surface area contributed by atoms with Crippen LogP contribution >= 0.6 is 11.8 Å². The monoisotopic (exact) mass is 337 g/mol. The zero-order valence-electron chi connectivity index (χ0n) is 12.8. The summed E-state index contributed by atoms with van der Waals surface area (Å²) in [7, 11) is 0. The lowest BCUT2D eigenvalue weighted by molar-refractivity contribution is -0.122. The van der Waals surface area contributed by atoms with E-state index in [2.05, 4.69) is 5.32 Å². The molecular formula is C17H17F2NO2S. The lowest BCUT2D eigenvalue weighted by atomic mass is 10.2. The number of rotatable bonds is 6. The Morgan fingerprint density at radius 3 is 2.61 bits per heavy atom. The zero-order valence-corrected chi connectivity index (χ0v) is 13.6. The fourth-order valence-electron chi connectivity index (χ4n) is 1.95. The highest BCUT2D eigenvalue weighted by molar-refractivity contribution is 7.99. The van der Waals surface area contributed by atoms with Crippen LogP contribution in [0.3, 0.4) is 0 Å². The van der Waals surface area contributed by atoms with Crippen LogP contribution in [0.2, 0.25) is 0 Å². The summed E-state index contributed by atoms with van der Waals surface area (Å²) in [4.78, 5) is 12.5. The van der Waals surface area contributed by atoms with Crippen molar-refractivity contribution in [1.29, 1.82) is 0 Å². The van der Waals surface area contributed by atoms with E-state index in [1.807, 2.05) is 25.1 Å². The lowest BCUT2D eigenvalue weighted by Gasteiger charge is -2.16. The highest BCUT2D eigenvalue weighted by Gasteiger charge is 2.17. The second kappa shape index (κ2) is 7.97. The van der Waals surface area contributed by atoms with Crippen LogP contribution in [0.25, 0.3) is 0 Å². The van der Waals surface area contributed by atoms with Gasteiger partial charge in [0.25, 0.3) is 11.7 Å². The highest BCUT2D eigenvalue weighted by Crippen LogP contribution is 2.31. The molecule has 0 bridgehead atoms. The Balaban J connectivity index is 2.04. The lowest BCUT2D eigenvalue weighted by Crippen LogP contribution is -2.30. The van der Waals surface area contributed by atoms with E-state index in [-0.39, 0.29) is 0 Å². The Hall–Kier alpha value is -2.08. The van der Waals surface area contributed by atoms with Crippen molar-refractivity contribution in [2.45, 2.75) is 30.6 Å². The number of anilines is 1. The van der Waals surface area contributed by atoms with E-state index in [4.69, 9.17) is 4.74 Å². The van der Waals surface area contributed by atoms with Crippen LogP contribution in [0.5, 0.6) is 5.75 Å². The van der Waals surface area contributed by atoms with Crippen molar-refractivity contribution in [1.82, 2.24) is 0 Å². The Morgan fingerprint density at radius 1 is 1.17 bits per heavy atom. The molecule has 23 heavy (non-hydrogen) atoms. The summed E-state index contributed by atoms with van der Waals surface area (Å²) in [6, 6.07) is 13.8. The molecule has 0 fully saturated rings. The van der Waals surface area contributed by atoms with Crippen molar-refractivity contribution in [3.63, 3.8) is 0 Å². The molecule has 3 nitrogen and oxygen atoms in total. The number of carbonyl (C=O) groups excluding carboxylic acids is 1. The van der Waals surface area contributed by atoms with Crippen molar-refractivity contribution in [2.75, 3.05) is 5.32 Å². The van der Waals surface area contributed by atoms with Crippen LogP contribution in [0.4, 0.5) is 14.5 Å². The van der Waals surface area contributed by atoms with E-state index in [0.717, 1.165) is 5.56 Å². The van der Waals surface area contributed by atoms with E-state index in [1.165, 1.54) is 0 Å². The third-order valence-corrected chi connectivity index (χ3v) is 3.82. The fraction of sp³-hybridized carbons (Fsp3) is 0.235. The maximum atomic E-state index is 12.5. The average molecular weight is 337 g/mol. The highest BCUT2D eigenvalue weighted by atomic mass is 32.2. The number of thioether (sulfide) groups is 1. The Labute approximate surface area is 138 Å². The quantitative estimate of drug-likeness (QED) is 0.776. The number of amides is 1. The first-order valence-electron chi connectivity index (χ1n) is 7.03. The molecule has 2 rings (SSSR count). The second-order valence-corrected chi connectivity index (χ2v) is 5.97. The standard InChI is InChI=1S/C17H17F2NO2S/c1-11-6-5-7-13(10-11)22-12(2)16(21)20-14-8-3-4-9-15(14)23-17(18)19/h3-10,12,17H,1-2H3,(H,20,21)/t12-/m1/s1. The van der Waals surface area contributed by atoms with Gasteiger partial charge in [0.2, 0.25) is 0 Å². The molecule has 0 aliphatic carbocycles. The van der Waals surface area contributed by atoms with Crippen LogP contribution < -0.4 is 10.1 Å². The maximum absolute atomic E-state index is 12.5. The predicted molar refractivity (Wildman–Crippen MR) is 88.2 cm³/mol. The molecule has 2 aromatic rings. The third-order valence-electron chi connectivity index (χ3n) is 3.03. The van der Waals surface area contributed by atoms with Crippen molar-refractivity contribution < 1.29 is 18.3 Å². The van der Waals surface area contributed by atoms with Gasteiger partial charge >= 0.3 is 0 Å². The number of aryl methyl sites for hydroxylation is 1. The van der Waals surface area contributed by atoms with Crippen molar-refractivity contribution in [2.24, 2.45) is 0 Å². The number of nitrogens with one attached hydrogen (secondary N) is 1. The van der Waals surface area contributed by atoms with Gasteiger partial charge in [-0.25, -0.2) is 0 Å². The summed E-state index contributed by atoms with van der Waals surface area (Å²) in [5, 5.41) is 2.63. The molecule has 0 aromatic heterocycles. The number of carbonyl (C=O) groups is 1. The molecule has 0 spiro atoms. The van der Waals surface area contributed by atoms with Gasteiger partial charge in [-0.15, -0.1) is 0 Å². The first kappa shape index (κ1) is 17.3. The largest absolute Gasteiger partial charge is 0.481 e. The van der Waals surface area contributed by atoms with Gasteiger partial charge in [-0.05, 0) is 43.7 Å². The number of ether oxygens (including phenoxy) is 1. The summed E-state index contributed by atoms with van der Waals surface area (Å²) in [6.07, 6.45) is -0.749. The molecule has 0 saturated heterocycles. The molecule has 2 aromatic carbocycles. The van der Waals surface area contributed by atoms with Crippen LogP contribution in [0.15, 0.2) is 53.4 Å². The number of hydrogen-bond donors (Lipinski definition) is 1. The van der Waals surface area contributed by atoms with Gasteiger partial charge < -0.3 is 10.1 Å². The minimum absolute atomic E-state index is 0.318. The van der Waals surface area contributed by atoms with Gasteiger partial charge in [-0.2, -0.15) is 8.78 Å². The summed E-state index contributed by atoms with van der Waals surface area (Å²) < 4.78 is 30.7. The molecule has 0 radical (unpaired) electrons. The molecule has 0 heterocycles. The van der Waals surface area contributed by atoms with E-state index < -0.39 is 17.8 Å². The molecule has 1 atom stereocenters. The van der Waals surface area contributed by atoms with Crippen LogP contribution in [-0.2, 0) is 4.79 Å². The van der Waals surface area contributed by atoms with Gasteiger partial charge in [-0.3, -0.25) is 4.79 Å². The minimum atomic E-state index is -2.55.